The first-order chi connectivity index (χ1) is 10.9. The zero-order valence-electron chi connectivity index (χ0n) is 14.3. The van der Waals surface area contributed by atoms with Crippen LogP contribution in [0.15, 0.2) is 34.7 Å². The topological polar surface area (TPSA) is 67.2 Å². The largest absolute Gasteiger partial charge is 0.445 e. The maximum absolute atomic E-state index is 11.8. The predicted molar refractivity (Wildman–Crippen MR) is 91.7 cm³/mol. The molecule has 5 nitrogen and oxygen atoms in total. The van der Waals surface area contributed by atoms with E-state index in [4.69, 9.17) is 4.42 Å². The van der Waals surface area contributed by atoms with Crippen LogP contribution in [0.4, 0.5) is 10.5 Å². The molecule has 0 unspecified atom stereocenters. The standard InChI is InChI=1S/C18H25N3O2/c1-13-15(23-16(20-13)18(2,3)4)11-8-12-19-17(22)21-14-9-6-5-7-10-14/h5-7,9-10H,8,11-12H2,1-4H3,(H2,19,21,22). The molecule has 0 aliphatic heterocycles. The van der Waals surface area contributed by atoms with Crippen LogP contribution in [0.2, 0.25) is 0 Å². The summed E-state index contributed by atoms with van der Waals surface area (Å²) in [7, 11) is 0. The fraction of sp³-hybridized carbons (Fsp3) is 0.444. The molecule has 2 N–H and O–H groups in total. The van der Waals surface area contributed by atoms with E-state index in [1.807, 2.05) is 37.3 Å². The van der Waals surface area contributed by atoms with E-state index < -0.39 is 0 Å². The molecule has 0 aliphatic rings. The summed E-state index contributed by atoms with van der Waals surface area (Å²) in [6, 6.07) is 9.19. The molecule has 2 aromatic rings. The number of aryl methyl sites for hydroxylation is 2. The fourth-order valence-corrected chi connectivity index (χ4v) is 2.13. The molecular weight excluding hydrogens is 290 g/mol. The number of para-hydroxylation sites is 1. The van der Waals surface area contributed by atoms with Gasteiger partial charge in [0.1, 0.15) is 5.76 Å². The van der Waals surface area contributed by atoms with Gasteiger partial charge in [-0.05, 0) is 25.5 Å². The van der Waals surface area contributed by atoms with E-state index in [1.54, 1.807) is 0 Å². The predicted octanol–water partition coefficient (Wildman–Crippen LogP) is 4.03. The van der Waals surface area contributed by atoms with Crippen molar-refractivity contribution >= 4 is 11.7 Å². The van der Waals surface area contributed by atoms with Gasteiger partial charge in [0.15, 0.2) is 5.89 Å². The zero-order valence-corrected chi connectivity index (χ0v) is 14.3. The molecular formula is C18H25N3O2. The molecule has 1 aromatic carbocycles. The van der Waals surface area contributed by atoms with Gasteiger partial charge in [0.25, 0.3) is 0 Å². The van der Waals surface area contributed by atoms with E-state index >= 15 is 0 Å². The summed E-state index contributed by atoms with van der Waals surface area (Å²) in [5.74, 6) is 1.67. The minimum Gasteiger partial charge on any atom is -0.445 e. The second-order valence-electron chi connectivity index (χ2n) is 6.63. The van der Waals surface area contributed by atoms with E-state index in [0.29, 0.717) is 6.54 Å². The van der Waals surface area contributed by atoms with Gasteiger partial charge < -0.3 is 15.1 Å². The summed E-state index contributed by atoms with van der Waals surface area (Å²) in [4.78, 5) is 16.3. The van der Waals surface area contributed by atoms with Crippen LogP contribution >= 0.6 is 0 Å². The summed E-state index contributed by atoms with van der Waals surface area (Å²) in [5.41, 5.74) is 1.63. The Labute approximate surface area is 137 Å². The quantitative estimate of drug-likeness (QED) is 0.818. The number of nitrogens with one attached hydrogen (secondary N) is 2. The van der Waals surface area contributed by atoms with Gasteiger partial charge >= 0.3 is 6.03 Å². The number of carbonyl (C=O) groups is 1. The Balaban J connectivity index is 1.75. The third-order valence-corrected chi connectivity index (χ3v) is 3.43. The molecule has 23 heavy (non-hydrogen) atoms. The van der Waals surface area contributed by atoms with Crippen molar-refractivity contribution in [3.8, 4) is 0 Å². The molecule has 0 bridgehead atoms. The van der Waals surface area contributed by atoms with Gasteiger partial charge in [-0.15, -0.1) is 0 Å². The Morgan fingerprint density at radius 1 is 1.22 bits per heavy atom. The van der Waals surface area contributed by atoms with Crippen molar-refractivity contribution in [1.82, 2.24) is 10.3 Å². The number of aromatic nitrogens is 1. The monoisotopic (exact) mass is 315 g/mol. The molecule has 124 valence electrons. The first-order valence-electron chi connectivity index (χ1n) is 7.93. The van der Waals surface area contributed by atoms with Crippen molar-refractivity contribution in [2.45, 2.75) is 46.0 Å². The highest BCUT2D eigenvalue weighted by molar-refractivity contribution is 5.89. The summed E-state index contributed by atoms with van der Waals surface area (Å²) in [5, 5.41) is 5.64. The van der Waals surface area contributed by atoms with E-state index in [1.165, 1.54) is 0 Å². The number of amides is 2. The smallest absolute Gasteiger partial charge is 0.319 e. The molecule has 0 saturated carbocycles. The molecule has 2 rings (SSSR count). The number of nitrogens with zero attached hydrogens (tertiary/aromatic N) is 1. The van der Waals surface area contributed by atoms with Crippen molar-refractivity contribution < 1.29 is 9.21 Å². The zero-order chi connectivity index (χ0) is 16.9. The average Bonchev–Trinajstić information content (AvgIpc) is 2.86. The van der Waals surface area contributed by atoms with E-state index in [2.05, 4.69) is 36.4 Å². The maximum atomic E-state index is 11.8. The number of anilines is 1. The Bertz CT molecular complexity index is 642. The molecule has 1 heterocycles. The Kier molecular flexibility index (Phi) is 5.42. The highest BCUT2D eigenvalue weighted by Crippen LogP contribution is 2.24. The van der Waals surface area contributed by atoms with Crippen LogP contribution in [-0.4, -0.2) is 17.6 Å². The van der Waals surface area contributed by atoms with Crippen molar-refractivity contribution in [3.05, 3.63) is 47.7 Å². The van der Waals surface area contributed by atoms with E-state index in [9.17, 15) is 4.79 Å². The minimum atomic E-state index is -0.194. The van der Waals surface area contributed by atoms with Crippen molar-refractivity contribution in [1.29, 1.82) is 0 Å². The SMILES string of the molecule is Cc1nc(C(C)(C)C)oc1CCCNC(=O)Nc1ccccc1. The van der Waals surface area contributed by atoms with Gasteiger partial charge in [-0.3, -0.25) is 0 Å². The third-order valence-electron chi connectivity index (χ3n) is 3.43. The molecule has 2 amide bonds. The summed E-state index contributed by atoms with van der Waals surface area (Å²) >= 11 is 0. The van der Waals surface area contributed by atoms with Gasteiger partial charge in [0, 0.05) is 24.1 Å². The van der Waals surface area contributed by atoms with Crippen molar-refractivity contribution in [3.63, 3.8) is 0 Å². The number of benzene rings is 1. The van der Waals surface area contributed by atoms with Gasteiger partial charge in [0.05, 0.1) is 5.69 Å². The van der Waals surface area contributed by atoms with E-state index in [-0.39, 0.29) is 11.4 Å². The van der Waals surface area contributed by atoms with Gasteiger partial charge in [-0.2, -0.15) is 0 Å². The number of oxazole rings is 1. The molecule has 0 fully saturated rings. The molecule has 0 saturated heterocycles. The van der Waals surface area contributed by atoms with Crippen LogP contribution in [-0.2, 0) is 11.8 Å². The Morgan fingerprint density at radius 3 is 2.52 bits per heavy atom. The summed E-state index contributed by atoms with van der Waals surface area (Å²) in [6.45, 7) is 8.79. The molecule has 0 radical (unpaired) electrons. The van der Waals surface area contributed by atoms with Crippen LogP contribution in [0.1, 0.15) is 44.5 Å². The number of carbonyl (C=O) groups excluding carboxylic acids is 1. The molecule has 1 aromatic heterocycles. The lowest BCUT2D eigenvalue weighted by molar-refractivity contribution is 0.252. The average molecular weight is 315 g/mol. The highest BCUT2D eigenvalue weighted by Gasteiger charge is 2.21. The Hall–Kier alpha value is -2.30. The summed E-state index contributed by atoms with van der Waals surface area (Å²) < 4.78 is 5.84. The van der Waals surface area contributed by atoms with Crippen LogP contribution in [0.5, 0.6) is 0 Å². The number of rotatable bonds is 5. The maximum Gasteiger partial charge on any atom is 0.319 e. The third kappa shape index (κ3) is 5.13. The second-order valence-corrected chi connectivity index (χ2v) is 6.63. The van der Waals surface area contributed by atoms with Gasteiger partial charge in [0.2, 0.25) is 0 Å². The first kappa shape index (κ1) is 17.1. The molecule has 0 aliphatic carbocycles. The number of hydrogen-bond acceptors (Lipinski definition) is 3. The highest BCUT2D eigenvalue weighted by atomic mass is 16.4. The van der Waals surface area contributed by atoms with Crippen LogP contribution in [0, 0.1) is 6.92 Å². The summed E-state index contributed by atoms with van der Waals surface area (Å²) in [6.07, 6.45) is 1.57. The van der Waals surface area contributed by atoms with Gasteiger partial charge in [-0.1, -0.05) is 39.0 Å². The molecule has 0 atom stereocenters. The normalized spacial score (nSPS) is 11.3. The molecule has 0 spiro atoms. The van der Waals surface area contributed by atoms with Gasteiger partial charge in [-0.25, -0.2) is 9.78 Å². The van der Waals surface area contributed by atoms with Crippen molar-refractivity contribution in [2.24, 2.45) is 0 Å². The lowest BCUT2D eigenvalue weighted by Crippen LogP contribution is -2.29. The Morgan fingerprint density at radius 2 is 1.91 bits per heavy atom. The lowest BCUT2D eigenvalue weighted by atomic mass is 9.97. The van der Waals surface area contributed by atoms with Crippen LogP contribution in [0.25, 0.3) is 0 Å². The van der Waals surface area contributed by atoms with E-state index in [0.717, 1.165) is 35.9 Å². The first-order valence-corrected chi connectivity index (χ1v) is 7.93. The van der Waals surface area contributed by atoms with Crippen LogP contribution < -0.4 is 10.6 Å². The second kappa shape index (κ2) is 7.31. The minimum absolute atomic E-state index is 0.0865. The molecule has 5 heteroatoms. The fourth-order valence-electron chi connectivity index (χ4n) is 2.13. The van der Waals surface area contributed by atoms with Crippen LogP contribution in [0.3, 0.4) is 0 Å². The lowest BCUT2D eigenvalue weighted by Gasteiger charge is -2.12. The van der Waals surface area contributed by atoms with Crippen molar-refractivity contribution in [2.75, 3.05) is 11.9 Å². The number of urea groups is 1. The number of hydrogen-bond donors (Lipinski definition) is 2.